The lowest BCUT2D eigenvalue weighted by Gasteiger charge is -2.32. The first-order chi connectivity index (χ1) is 8.70. The summed E-state index contributed by atoms with van der Waals surface area (Å²) in [5.41, 5.74) is 1.39. The molecule has 0 radical (unpaired) electrons. The van der Waals surface area contributed by atoms with Crippen LogP contribution in [0.25, 0.3) is 0 Å². The molecule has 1 unspecified atom stereocenters. The molecule has 1 aromatic heterocycles. The van der Waals surface area contributed by atoms with Gasteiger partial charge in [0.25, 0.3) is 0 Å². The molecule has 0 bridgehead atoms. The van der Waals surface area contributed by atoms with Crippen molar-refractivity contribution < 1.29 is 4.74 Å². The first-order valence-corrected chi connectivity index (χ1v) is 6.41. The van der Waals surface area contributed by atoms with Crippen LogP contribution in [0.4, 0.5) is 0 Å². The average molecular weight is 245 g/mol. The molecule has 96 valence electrons. The van der Waals surface area contributed by atoms with Crippen molar-refractivity contribution in [1.82, 2.24) is 9.88 Å². The maximum Gasteiger partial charge on any atom is 0.231 e. The van der Waals surface area contributed by atoms with Crippen LogP contribution in [0, 0.1) is 18.3 Å². The van der Waals surface area contributed by atoms with E-state index in [1.54, 1.807) is 6.07 Å². The molecule has 1 saturated heterocycles. The molecule has 2 heterocycles. The number of aryl methyl sites for hydroxylation is 1. The predicted molar refractivity (Wildman–Crippen MR) is 69.5 cm³/mol. The summed E-state index contributed by atoms with van der Waals surface area (Å²) in [6, 6.07) is 6.16. The fourth-order valence-corrected chi connectivity index (χ4v) is 2.26. The highest BCUT2D eigenvalue weighted by Crippen LogP contribution is 2.19. The van der Waals surface area contributed by atoms with Crippen LogP contribution in [0.2, 0.25) is 0 Å². The molecule has 4 heteroatoms. The first-order valence-electron chi connectivity index (χ1n) is 6.41. The van der Waals surface area contributed by atoms with Gasteiger partial charge in [-0.25, -0.2) is 4.98 Å². The largest absolute Gasteiger partial charge is 0.475 e. The van der Waals surface area contributed by atoms with Gasteiger partial charge in [-0.05, 0) is 45.5 Å². The van der Waals surface area contributed by atoms with Crippen molar-refractivity contribution in [2.75, 3.05) is 20.2 Å². The number of rotatable bonds is 3. The zero-order valence-corrected chi connectivity index (χ0v) is 11.0. The molecular formula is C14H19N3O. The highest BCUT2D eigenvalue weighted by molar-refractivity contribution is 5.38. The smallest absolute Gasteiger partial charge is 0.231 e. The zero-order valence-electron chi connectivity index (χ0n) is 11.0. The molecular weight excluding hydrogens is 226 g/mol. The highest BCUT2D eigenvalue weighted by Gasteiger charge is 2.20. The van der Waals surface area contributed by atoms with Gasteiger partial charge < -0.3 is 9.64 Å². The van der Waals surface area contributed by atoms with Crippen LogP contribution >= 0.6 is 0 Å². The average Bonchev–Trinajstić information content (AvgIpc) is 2.38. The number of nitriles is 1. The van der Waals surface area contributed by atoms with E-state index in [0.29, 0.717) is 24.1 Å². The number of ether oxygens (including phenoxy) is 1. The van der Waals surface area contributed by atoms with E-state index in [0.717, 1.165) is 18.7 Å². The third kappa shape index (κ3) is 2.99. The Bertz CT molecular complexity index is 453. The molecule has 2 rings (SSSR count). The second kappa shape index (κ2) is 5.83. The van der Waals surface area contributed by atoms with Crippen molar-refractivity contribution in [3.05, 3.63) is 23.4 Å². The minimum Gasteiger partial charge on any atom is -0.475 e. The molecule has 0 spiro atoms. The van der Waals surface area contributed by atoms with Gasteiger partial charge in [-0.2, -0.15) is 5.26 Å². The lowest BCUT2D eigenvalue weighted by Crippen LogP contribution is -2.40. The number of likely N-dealkylation sites (tertiary alicyclic amines) is 1. The molecule has 0 saturated carbocycles. The lowest BCUT2D eigenvalue weighted by molar-refractivity contribution is 0.122. The van der Waals surface area contributed by atoms with Crippen LogP contribution in [0.3, 0.4) is 0 Å². The number of hydrogen-bond donors (Lipinski definition) is 0. The van der Waals surface area contributed by atoms with Gasteiger partial charge in [0.1, 0.15) is 18.2 Å². The van der Waals surface area contributed by atoms with Gasteiger partial charge >= 0.3 is 0 Å². The molecule has 18 heavy (non-hydrogen) atoms. The van der Waals surface area contributed by atoms with E-state index >= 15 is 0 Å². The van der Waals surface area contributed by atoms with Crippen LogP contribution in [-0.4, -0.2) is 36.1 Å². The number of pyridine rings is 1. The Morgan fingerprint density at radius 2 is 2.33 bits per heavy atom. The number of aromatic nitrogens is 1. The van der Waals surface area contributed by atoms with Crippen LogP contribution in [-0.2, 0) is 0 Å². The summed E-state index contributed by atoms with van der Waals surface area (Å²) in [6.07, 6.45) is 3.67. The summed E-state index contributed by atoms with van der Waals surface area (Å²) < 4.78 is 5.74. The molecule has 0 aliphatic carbocycles. The summed E-state index contributed by atoms with van der Waals surface area (Å²) in [5.74, 6) is 0.469. The summed E-state index contributed by atoms with van der Waals surface area (Å²) in [7, 11) is 2.13. The quantitative estimate of drug-likeness (QED) is 0.818. The Morgan fingerprint density at radius 3 is 3.06 bits per heavy atom. The van der Waals surface area contributed by atoms with E-state index in [-0.39, 0.29) is 0 Å². The SMILES string of the molecule is Cc1ccc(C#N)c(OCC2CCCCN2C)n1. The number of nitrogens with zero attached hydrogens (tertiary/aromatic N) is 3. The normalized spacial score (nSPS) is 20.4. The van der Waals surface area contributed by atoms with E-state index in [9.17, 15) is 0 Å². The summed E-state index contributed by atoms with van der Waals surface area (Å²) in [5, 5.41) is 9.02. The minimum atomic E-state index is 0.438. The van der Waals surface area contributed by atoms with Crippen molar-refractivity contribution in [3.63, 3.8) is 0 Å². The molecule has 1 atom stereocenters. The lowest BCUT2D eigenvalue weighted by atomic mass is 10.0. The van der Waals surface area contributed by atoms with Crippen molar-refractivity contribution in [1.29, 1.82) is 5.26 Å². The predicted octanol–water partition coefficient (Wildman–Crippen LogP) is 2.12. The number of likely N-dealkylation sites (N-methyl/N-ethyl adjacent to an activating group) is 1. The molecule has 0 N–H and O–H groups in total. The Kier molecular flexibility index (Phi) is 4.16. The van der Waals surface area contributed by atoms with Crippen LogP contribution in [0.5, 0.6) is 5.88 Å². The monoisotopic (exact) mass is 245 g/mol. The molecule has 1 aliphatic heterocycles. The van der Waals surface area contributed by atoms with Crippen LogP contribution in [0.1, 0.15) is 30.5 Å². The van der Waals surface area contributed by atoms with E-state index in [4.69, 9.17) is 10.00 Å². The molecule has 0 aromatic carbocycles. The van der Waals surface area contributed by atoms with Crippen LogP contribution < -0.4 is 4.74 Å². The standard InChI is InChI=1S/C14H19N3O/c1-11-6-7-12(9-15)14(16-11)18-10-13-5-3-4-8-17(13)2/h6-7,13H,3-5,8,10H2,1-2H3. The fourth-order valence-electron chi connectivity index (χ4n) is 2.26. The minimum absolute atomic E-state index is 0.438. The van der Waals surface area contributed by atoms with Gasteiger partial charge in [0.05, 0.1) is 0 Å². The Hall–Kier alpha value is -1.60. The summed E-state index contributed by atoms with van der Waals surface area (Å²) in [4.78, 5) is 6.61. The van der Waals surface area contributed by atoms with Gasteiger partial charge in [0.15, 0.2) is 0 Å². The molecule has 0 amide bonds. The number of piperidine rings is 1. The summed E-state index contributed by atoms with van der Waals surface area (Å²) in [6.45, 7) is 3.64. The second-order valence-electron chi connectivity index (χ2n) is 4.86. The summed E-state index contributed by atoms with van der Waals surface area (Å²) >= 11 is 0. The Labute approximate surface area is 108 Å². The van der Waals surface area contributed by atoms with Crippen molar-refractivity contribution in [3.8, 4) is 11.9 Å². The molecule has 1 fully saturated rings. The second-order valence-corrected chi connectivity index (χ2v) is 4.86. The van der Waals surface area contributed by atoms with E-state index in [2.05, 4.69) is 23.0 Å². The zero-order chi connectivity index (χ0) is 13.0. The van der Waals surface area contributed by atoms with E-state index in [1.807, 2.05) is 13.0 Å². The third-order valence-corrected chi connectivity index (χ3v) is 3.45. The maximum absolute atomic E-state index is 9.02. The van der Waals surface area contributed by atoms with E-state index in [1.165, 1.54) is 12.8 Å². The van der Waals surface area contributed by atoms with Crippen molar-refractivity contribution >= 4 is 0 Å². The third-order valence-electron chi connectivity index (χ3n) is 3.45. The van der Waals surface area contributed by atoms with Gasteiger partial charge in [0, 0.05) is 11.7 Å². The van der Waals surface area contributed by atoms with E-state index < -0.39 is 0 Å². The maximum atomic E-state index is 9.02. The van der Waals surface area contributed by atoms with Crippen molar-refractivity contribution in [2.24, 2.45) is 0 Å². The van der Waals surface area contributed by atoms with Crippen molar-refractivity contribution in [2.45, 2.75) is 32.2 Å². The molecule has 1 aliphatic rings. The van der Waals surface area contributed by atoms with Gasteiger partial charge in [-0.1, -0.05) is 6.42 Å². The Morgan fingerprint density at radius 1 is 1.50 bits per heavy atom. The fraction of sp³-hybridized carbons (Fsp3) is 0.571. The van der Waals surface area contributed by atoms with Gasteiger partial charge in [-0.3, -0.25) is 0 Å². The van der Waals surface area contributed by atoms with Gasteiger partial charge in [0.2, 0.25) is 5.88 Å². The molecule has 4 nitrogen and oxygen atoms in total. The topological polar surface area (TPSA) is 49.1 Å². The highest BCUT2D eigenvalue weighted by atomic mass is 16.5. The Balaban J connectivity index is 2.01. The molecule has 1 aromatic rings. The number of hydrogen-bond acceptors (Lipinski definition) is 4. The first kappa shape index (κ1) is 12.8. The van der Waals surface area contributed by atoms with Gasteiger partial charge in [-0.15, -0.1) is 0 Å². The van der Waals surface area contributed by atoms with Crippen LogP contribution in [0.15, 0.2) is 12.1 Å².